The number of thiocarbonyl (C=S) groups is 1. The summed E-state index contributed by atoms with van der Waals surface area (Å²) in [6.45, 7) is 0. The van der Waals surface area contributed by atoms with E-state index in [0.717, 1.165) is 10.9 Å². The predicted molar refractivity (Wildman–Crippen MR) is 87.1 cm³/mol. The number of carbonyl (C=O) groups is 2. The monoisotopic (exact) mass is 317 g/mol. The summed E-state index contributed by atoms with van der Waals surface area (Å²) in [5, 5.41) is 5.78. The van der Waals surface area contributed by atoms with Crippen LogP contribution < -0.4 is 10.6 Å². The number of amides is 2. The van der Waals surface area contributed by atoms with Gasteiger partial charge in [-0.05, 0) is 24.3 Å². The van der Waals surface area contributed by atoms with Gasteiger partial charge in [0.15, 0.2) is 0 Å². The molecule has 0 aliphatic carbocycles. The van der Waals surface area contributed by atoms with Crippen LogP contribution in [0.5, 0.6) is 0 Å². The molecular formula is C14H11N3O2S2. The predicted octanol–water partition coefficient (Wildman–Crippen LogP) is 2.08. The fourth-order valence-corrected chi connectivity index (χ4v) is 3.38. The molecule has 0 bridgehead atoms. The van der Waals surface area contributed by atoms with Gasteiger partial charge in [-0.3, -0.25) is 14.6 Å². The highest BCUT2D eigenvalue weighted by Crippen LogP contribution is 2.25. The number of benzene rings is 1. The van der Waals surface area contributed by atoms with Gasteiger partial charge in [0, 0.05) is 18.0 Å². The molecule has 1 aromatic heterocycles. The molecule has 2 aromatic rings. The molecular weight excluding hydrogens is 306 g/mol. The molecule has 1 aliphatic rings. The maximum atomic E-state index is 12.1. The van der Waals surface area contributed by atoms with Crippen molar-refractivity contribution in [3.63, 3.8) is 0 Å². The normalized spacial score (nSPS) is 17.8. The van der Waals surface area contributed by atoms with E-state index in [1.807, 2.05) is 30.3 Å². The third-order valence-corrected chi connectivity index (χ3v) is 4.43. The Labute approximate surface area is 130 Å². The van der Waals surface area contributed by atoms with E-state index in [4.69, 9.17) is 12.2 Å². The number of thioether (sulfide) groups is 1. The molecule has 3 rings (SSSR count). The number of pyridine rings is 1. The van der Waals surface area contributed by atoms with Crippen LogP contribution in [0.4, 0.5) is 5.69 Å². The first-order chi connectivity index (χ1) is 10.1. The van der Waals surface area contributed by atoms with Gasteiger partial charge in [-0.25, -0.2) is 0 Å². The van der Waals surface area contributed by atoms with E-state index in [2.05, 4.69) is 15.6 Å². The maximum Gasteiger partial charge on any atom is 0.239 e. The summed E-state index contributed by atoms with van der Waals surface area (Å²) in [6, 6.07) is 9.23. The van der Waals surface area contributed by atoms with Gasteiger partial charge >= 0.3 is 0 Å². The molecule has 1 atom stereocenters. The van der Waals surface area contributed by atoms with Crippen LogP contribution in [0.25, 0.3) is 10.9 Å². The quantitative estimate of drug-likeness (QED) is 0.848. The van der Waals surface area contributed by atoms with E-state index in [1.165, 1.54) is 11.8 Å². The van der Waals surface area contributed by atoms with Crippen molar-refractivity contribution in [2.75, 3.05) is 5.32 Å². The Morgan fingerprint density at radius 1 is 1.38 bits per heavy atom. The second-order valence-electron chi connectivity index (χ2n) is 4.51. The highest BCUT2D eigenvalue weighted by atomic mass is 32.2. The molecule has 2 amide bonds. The minimum Gasteiger partial charge on any atom is -0.325 e. The Morgan fingerprint density at radius 3 is 3.00 bits per heavy atom. The zero-order valence-electron chi connectivity index (χ0n) is 10.8. The minimum absolute atomic E-state index is 0.0906. The lowest BCUT2D eigenvalue weighted by atomic mass is 10.1. The topological polar surface area (TPSA) is 71.1 Å². The molecule has 106 valence electrons. The number of nitrogens with one attached hydrogen (secondary N) is 2. The van der Waals surface area contributed by atoms with Crippen LogP contribution in [0.1, 0.15) is 6.42 Å². The number of nitrogens with zero attached hydrogens (tertiary/aromatic N) is 1. The Hall–Kier alpha value is -1.99. The van der Waals surface area contributed by atoms with Gasteiger partial charge in [0.2, 0.25) is 11.8 Å². The third-order valence-electron chi connectivity index (χ3n) is 3.06. The number of fused-ring (bicyclic) bond motifs is 1. The molecule has 0 radical (unpaired) electrons. The standard InChI is InChI=1S/C14H11N3O2S2/c18-12(7-11-13(19)17-14(20)21-11)16-10-5-1-4-9-8(10)3-2-6-15-9/h1-6,11H,7H2,(H,16,18)(H,17,19,20)/t11-/m0/s1. The summed E-state index contributed by atoms with van der Waals surface area (Å²) in [6.07, 6.45) is 1.79. The van der Waals surface area contributed by atoms with Gasteiger partial charge in [0.25, 0.3) is 0 Å². The summed E-state index contributed by atoms with van der Waals surface area (Å²) in [4.78, 5) is 27.9. The van der Waals surface area contributed by atoms with Crippen LogP contribution in [-0.2, 0) is 9.59 Å². The van der Waals surface area contributed by atoms with E-state index >= 15 is 0 Å². The first kappa shape index (κ1) is 14.0. The van der Waals surface area contributed by atoms with Crippen molar-refractivity contribution in [3.05, 3.63) is 36.5 Å². The van der Waals surface area contributed by atoms with Gasteiger partial charge in [-0.15, -0.1) is 0 Å². The van der Waals surface area contributed by atoms with Crippen molar-refractivity contribution in [2.45, 2.75) is 11.7 Å². The van der Waals surface area contributed by atoms with Crippen molar-refractivity contribution >= 4 is 56.7 Å². The lowest BCUT2D eigenvalue weighted by Gasteiger charge is -2.09. The first-order valence-electron chi connectivity index (χ1n) is 6.28. The van der Waals surface area contributed by atoms with Gasteiger partial charge < -0.3 is 10.6 Å². The van der Waals surface area contributed by atoms with E-state index < -0.39 is 5.25 Å². The number of anilines is 1. The second kappa shape index (κ2) is 5.79. The second-order valence-corrected chi connectivity index (χ2v) is 6.39. The average molecular weight is 317 g/mol. The SMILES string of the molecule is O=C(C[C@@H]1SC(=S)NC1=O)Nc1cccc2ncccc12. The molecule has 1 aromatic carbocycles. The molecule has 0 unspecified atom stereocenters. The molecule has 1 saturated heterocycles. The lowest BCUT2D eigenvalue weighted by Crippen LogP contribution is -2.27. The van der Waals surface area contributed by atoms with Crippen LogP contribution >= 0.6 is 24.0 Å². The molecule has 0 spiro atoms. The molecule has 2 N–H and O–H groups in total. The maximum absolute atomic E-state index is 12.1. The molecule has 0 saturated carbocycles. The van der Waals surface area contributed by atoms with Gasteiger partial charge in [0.05, 0.1) is 16.5 Å². The molecule has 1 fully saturated rings. The van der Waals surface area contributed by atoms with E-state index in [1.54, 1.807) is 6.20 Å². The Bertz CT molecular complexity index is 743. The Morgan fingerprint density at radius 2 is 2.24 bits per heavy atom. The van der Waals surface area contributed by atoms with Crippen molar-refractivity contribution in [2.24, 2.45) is 0 Å². The van der Waals surface area contributed by atoms with E-state index in [-0.39, 0.29) is 18.2 Å². The lowest BCUT2D eigenvalue weighted by molar-refractivity contribution is -0.122. The third kappa shape index (κ3) is 3.03. The zero-order valence-corrected chi connectivity index (χ0v) is 12.5. The van der Waals surface area contributed by atoms with E-state index in [9.17, 15) is 9.59 Å². The summed E-state index contributed by atoms with van der Waals surface area (Å²) in [5.41, 5.74) is 1.50. The number of aromatic nitrogens is 1. The minimum atomic E-state index is -0.453. The smallest absolute Gasteiger partial charge is 0.239 e. The van der Waals surface area contributed by atoms with Gasteiger partial charge in [-0.2, -0.15) is 0 Å². The Balaban J connectivity index is 1.75. The molecule has 2 heterocycles. The number of hydrogen-bond acceptors (Lipinski definition) is 5. The van der Waals surface area contributed by atoms with Crippen LogP contribution in [0.2, 0.25) is 0 Å². The van der Waals surface area contributed by atoms with Crippen LogP contribution in [0, 0.1) is 0 Å². The zero-order chi connectivity index (χ0) is 14.8. The highest BCUT2D eigenvalue weighted by Gasteiger charge is 2.31. The van der Waals surface area contributed by atoms with Crippen molar-refractivity contribution in [1.29, 1.82) is 0 Å². The van der Waals surface area contributed by atoms with Crippen molar-refractivity contribution in [3.8, 4) is 0 Å². The molecule has 1 aliphatic heterocycles. The van der Waals surface area contributed by atoms with Crippen LogP contribution in [0.15, 0.2) is 36.5 Å². The van der Waals surface area contributed by atoms with Crippen molar-refractivity contribution < 1.29 is 9.59 Å². The summed E-state index contributed by atoms with van der Waals surface area (Å²) in [5.74, 6) is -0.427. The van der Waals surface area contributed by atoms with Crippen molar-refractivity contribution in [1.82, 2.24) is 10.3 Å². The summed E-state index contributed by atoms with van der Waals surface area (Å²) in [7, 11) is 0. The fraction of sp³-hybridized carbons (Fsp3) is 0.143. The summed E-state index contributed by atoms with van der Waals surface area (Å²) < 4.78 is 0.423. The molecule has 7 heteroatoms. The average Bonchev–Trinajstić information content (AvgIpc) is 2.77. The number of rotatable bonds is 3. The number of carbonyl (C=O) groups excluding carboxylic acids is 2. The number of hydrogen-bond donors (Lipinski definition) is 2. The first-order valence-corrected chi connectivity index (χ1v) is 7.57. The van der Waals surface area contributed by atoms with E-state index in [0.29, 0.717) is 10.0 Å². The molecule has 21 heavy (non-hydrogen) atoms. The van der Waals surface area contributed by atoms with Crippen LogP contribution in [0.3, 0.4) is 0 Å². The van der Waals surface area contributed by atoms with Gasteiger partial charge in [-0.1, -0.05) is 30.0 Å². The Kier molecular flexibility index (Phi) is 3.85. The summed E-state index contributed by atoms with van der Waals surface area (Å²) >= 11 is 6.12. The molecule has 5 nitrogen and oxygen atoms in total. The van der Waals surface area contributed by atoms with Crippen LogP contribution in [-0.4, -0.2) is 26.4 Å². The largest absolute Gasteiger partial charge is 0.325 e. The fourth-order valence-electron chi connectivity index (χ4n) is 2.11. The van der Waals surface area contributed by atoms with Gasteiger partial charge in [0.1, 0.15) is 4.32 Å². The highest BCUT2D eigenvalue weighted by molar-refractivity contribution is 8.24.